The highest BCUT2D eigenvalue weighted by Gasteiger charge is 2.30. The molecular formula is C19H25F3N6. The maximum Gasteiger partial charge on any atom is 0.406 e. The van der Waals surface area contributed by atoms with Gasteiger partial charge < -0.3 is 14.8 Å². The normalized spacial score (nSPS) is 16.4. The number of rotatable bonds is 4. The molecule has 9 heteroatoms. The van der Waals surface area contributed by atoms with E-state index in [4.69, 9.17) is 11.7 Å². The van der Waals surface area contributed by atoms with Crippen molar-refractivity contribution in [3.05, 3.63) is 30.0 Å². The predicted molar refractivity (Wildman–Crippen MR) is 104 cm³/mol. The van der Waals surface area contributed by atoms with Gasteiger partial charge in [0.05, 0.1) is 17.8 Å². The quantitative estimate of drug-likeness (QED) is 0.421. The van der Waals surface area contributed by atoms with E-state index >= 15 is 0 Å². The maximum absolute atomic E-state index is 13.1. The molecule has 0 atom stereocenters. The summed E-state index contributed by atoms with van der Waals surface area (Å²) in [6.45, 7) is 0.934. The van der Waals surface area contributed by atoms with E-state index in [1.54, 1.807) is 18.2 Å². The molecule has 0 bridgehead atoms. The number of nitrogens with one attached hydrogen (secondary N) is 1. The van der Waals surface area contributed by atoms with Crippen molar-refractivity contribution in [3.8, 4) is 11.8 Å². The number of anilines is 1. The molecule has 1 aromatic carbocycles. The molecule has 1 aromatic heterocycles. The van der Waals surface area contributed by atoms with Crippen LogP contribution in [0.4, 0.5) is 18.9 Å². The minimum atomic E-state index is -4.35. The lowest BCUT2D eigenvalue weighted by atomic mass is 10.0. The molecule has 0 amide bonds. The number of hydrogen-bond donors (Lipinski definition) is 3. The van der Waals surface area contributed by atoms with Crippen LogP contribution >= 0.6 is 0 Å². The van der Waals surface area contributed by atoms with E-state index in [9.17, 15) is 13.2 Å². The first-order chi connectivity index (χ1) is 13.2. The highest BCUT2D eigenvalue weighted by molar-refractivity contribution is 5.94. The second-order valence-electron chi connectivity index (χ2n) is 7.17. The van der Waals surface area contributed by atoms with Gasteiger partial charge in [-0.3, -0.25) is 11.7 Å². The molecule has 6 nitrogen and oxygen atoms in total. The number of fused-ring (bicyclic) bond motifs is 1. The topological polar surface area (TPSA) is 75.5 Å². The smallest absolute Gasteiger partial charge is 0.382 e. The second kappa shape index (κ2) is 8.41. The number of hydrazine groups is 2. The molecule has 0 saturated carbocycles. The van der Waals surface area contributed by atoms with Gasteiger partial charge in [0.15, 0.2) is 0 Å². The Hall–Kier alpha value is -2.25. The third-order valence-electron chi connectivity index (χ3n) is 4.84. The monoisotopic (exact) mass is 394 g/mol. The molecule has 2 aromatic rings. The first kappa shape index (κ1) is 20.5. The lowest BCUT2D eigenvalue weighted by molar-refractivity contribution is -0.140. The van der Waals surface area contributed by atoms with E-state index in [1.165, 1.54) is 4.57 Å². The molecule has 3 rings (SSSR count). The fourth-order valence-electron chi connectivity index (χ4n) is 3.46. The average Bonchev–Trinajstić information content (AvgIpc) is 2.94. The third-order valence-corrected chi connectivity index (χ3v) is 4.84. The standard InChI is InChI=1S/C19H25F3N6/c1-26-10-7-14(8-11-26)25-17-5-2-6-18-16(17)12-15(4-3-9-28(23)24)27(18)13-19(20,21)22/h2,5-6,12,14,25H,7-11,13,23-24H2,1H3. The molecule has 0 radical (unpaired) electrons. The molecule has 1 saturated heterocycles. The molecule has 0 spiro atoms. The summed E-state index contributed by atoms with van der Waals surface area (Å²) in [6.07, 6.45) is -2.37. The van der Waals surface area contributed by atoms with Crippen molar-refractivity contribution in [2.45, 2.75) is 31.6 Å². The van der Waals surface area contributed by atoms with Crippen LogP contribution in [0.5, 0.6) is 0 Å². The Kier molecular flexibility index (Phi) is 6.15. The van der Waals surface area contributed by atoms with E-state index < -0.39 is 12.7 Å². The minimum absolute atomic E-state index is 0.0498. The van der Waals surface area contributed by atoms with Gasteiger partial charge in [-0.25, -0.2) is 0 Å². The highest BCUT2D eigenvalue weighted by atomic mass is 19.4. The lowest BCUT2D eigenvalue weighted by Crippen LogP contribution is -2.37. The van der Waals surface area contributed by atoms with E-state index in [0.29, 0.717) is 11.6 Å². The SMILES string of the molecule is CN1CCC(Nc2cccc3c2cc(C#CCN(N)N)n3CC(F)(F)F)CC1. The molecule has 5 N–H and O–H groups in total. The fraction of sp³-hybridized carbons (Fsp3) is 0.474. The van der Waals surface area contributed by atoms with Gasteiger partial charge in [-0.2, -0.15) is 18.3 Å². The summed E-state index contributed by atoms with van der Waals surface area (Å²) < 4.78 is 40.6. The zero-order chi connectivity index (χ0) is 20.3. The Morgan fingerprint density at radius 2 is 1.96 bits per heavy atom. The van der Waals surface area contributed by atoms with Crippen LogP contribution in [0.1, 0.15) is 18.5 Å². The molecule has 0 aliphatic carbocycles. The summed E-state index contributed by atoms with van der Waals surface area (Å²) in [4.78, 5) is 2.27. The molecule has 0 unspecified atom stereocenters. The summed E-state index contributed by atoms with van der Waals surface area (Å²) in [7, 11) is 2.09. The van der Waals surface area contributed by atoms with Crippen molar-refractivity contribution in [1.29, 1.82) is 0 Å². The summed E-state index contributed by atoms with van der Waals surface area (Å²) in [6, 6.07) is 7.35. The fourth-order valence-corrected chi connectivity index (χ4v) is 3.46. The maximum atomic E-state index is 13.1. The number of aromatic nitrogens is 1. The van der Waals surface area contributed by atoms with Crippen LogP contribution in [0, 0.1) is 11.8 Å². The highest BCUT2D eigenvalue weighted by Crippen LogP contribution is 2.31. The number of nitrogens with zero attached hydrogens (tertiary/aromatic N) is 3. The molecule has 1 aliphatic heterocycles. The second-order valence-corrected chi connectivity index (χ2v) is 7.17. The Balaban J connectivity index is 1.96. The minimum Gasteiger partial charge on any atom is -0.382 e. The van der Waals surface area contributed by atoms with Gasteiger partial charge >= 0.3 is 6.18 Å². The predicted octanol–water partition coefficient (Wildman–Crippen LogP) is 2.11. The van der Waals surface area contributed by atoms with E-state index in [-0.39, 0.29) is 12.2 Å². The Bertz CT molecular complexity index is 869. The van der Waals surface area contributed by atoms with E-state index in [2.05, 4.69) is 29.1 Å². The van der Waals surface area contributed by atoms with Gasteiger partial charge in [-0.1, -0.05) is 12.0 Å². The summed E-state index contributed by atoms with van der Waals surface area (Å²) >= 11 is 0. The zero-order valence-electron chi connectivity index (χ0n) is 15.8. The van der Waals surface area contributed by atoms with Crippen LogP contribution < -0.4 is 17.0 Å². The number of nitrogens with two attached hydrogens (primary N) is 2. The summed E-state index contributed by atoms with van der Waals surface area (Å²) in [5, 5.41) is 5.12. The van der Waals surface area contributed by atoms with Crippen LogP contribution in [0.25, 0.3) is 10.9 Å². The van der Waals surface area contributed by atoms with Crippen molar-refractivity contribution in [1.82, 2.24) is 14.6 Å². The number of piperidine rings is 1. The molecule has 2 heterocycles. The first-order valence-electron chi connectivity index (χ1n) is 9.13. The van der Waals surface area contributed by atoms with Gasteiger partial charge in [0, 0.05) is 17.1 Å². The van der Waals surface area contributed by atoms with Crippen molar-refractivity contribution >= 4 is 16.6 Å². The van der Waals surface area contributed by atoms with E-state index in [0.717, 1.165) is 42.1 Å². The average molecular weight is 394 g/mol. The number of likely N-dealkylation sites (tertiary alicyclic amines) is 1. The van der Waals surface area contributed by atoms with Crippen molar-refractivity contribution in [2.75, 3.05) is 32.0 Å². The lowest BCUT2D eigenvalue weighted by Gasteiger charge is -2.30. The van der Waals surface area contributed by atoms with E-state index in [1.807, 2.05) is 6.07 Å². The van der Waals surface area contributed by atoms with Gasteiger partial charge in [0.2, 0.25) is 0 Å². The van der Waals surface area contributed by atoms with Crippen LogP contribution in [-0.4, -0.2) is 53.5 Å². The summed E-state index contributed by atoms with van der Waals surface area (Å²) in [5.41, 5.74) is 1.61. The van der Waals surface area contributed by atoms with Gasteiger partial charge in [0.1, 0.15) is 6.54 Å². The van der Waals surface area contributed by atoms with Crippen molar-refractivity contribution < 1.29 is 13.2 Å². The molecule has 28 heavy (non-hydrogen) atoms. The number of alkyl halides is 3. The van der Waals surface area contributed by atoms with Crippen LogP contribution in [-0.2, 0) is 6.54 Å². The Morgan fingerprint density at radius 3 is 2.61 bits per heavy atom. The summed E-state index contributed by atoms with van der Waals surface area (Å²) in [5.74, 6) is 16.1. The van der Waals surface area contributed by atoms with Gasteiger partial charge in [-0.15, -0.1) is 0 Å². The van der Waals surface area contributed by atoms with Crippen LogP contribution in [0.3, 0.4) is 0 Å². The van der Waals surface area contributed by atoms with Crippen molar-refractivity contribution in [3.63, 3.8) is 0 Å². The Morgan fingerprint density at radius 1 is 1.25 bits per heavy atom. The number of halogens is 3. The number of benzene rings is 1. The Labute approximate surface area is 162 Å². The van der Waals surface area contributed by atoms with Crippen LogP contribution in [0.15, 0.2) is 24.3 Å². The van der Waals surface area contributed by atoms with Gasteiger partial charge in [0.25, 0.3) is 0 Å². The number of hydrogen-bond acceptors (Lipinski definition) is 5. The zero-order valence-corrected chi connectivity index (χ0v) is 15.8. The molecule has 152 valence electrons. The van der Waals surface area contributed by atoms with Crippen molar-refractivity contribution in [2.24, 2.45) is 11.7 Å². The van der Waals surface area contributed by atoms with Crippen LogP contribution in [0.2, 0.25) is 0 Å². The molecule has 1 aliphatic rings. The largest absolute Gasteiger partial charge is 0.406 e. The first-order valence-corrected chi connectivity index (χ1v) is 9.13. The third kappa shape index (κ3) is 5.17. The van der Waals surface area contributed by atoms with Gasteiger partial charge in [-0.05, 0) is 57.1 Å². The molecular weight excluding hydrogens is 369 g/mol. The molecule has 1 fully saturated rings.